The largest absolute Gasteiger partial charge is 1.00 e. The van der Waals surface area contributed by atoms with Crippen LogP contribution in [-0.4, -0.2) is 15.0 Å². The maximum absolute atomic E-state index is 5.11. The van der Waals surface area contributed by atoms with Gasteiger partial charge < -0.3 is 0 Å². The van der Waals surface area contributed by atoms with Crippen molar-refractivity contribution in [2.24, 2.45) is 0 Å². The molecule has 0 spiro atoms. The van der Waals surface area contributed by atoms with Crippen LogP contribution in [-0.2, 0) is 12.6 Å². The zero-order valence-electron chi connectivity index (χ0n) is 8.43. The Kier molecular flexibility index (Phi) is 15.6. The molecule has 0 aromatic rings. The molecule has 0 aromatic heterocycles. The van der Waals surface area contributed by atoms with Crippen LogP contribution in [0.3, 0.4) is 0 Å². The summed E-state index contributed by atoms with van der Waals surface area (Å²) in [7, 11) is 0. The van der Waals surface area contributed by atoms with Crippen LogP contribution in [0.25, 0.3) is 0 Å². The van der Waals surface area contributed by atoms with Crippen molar-refractivity contribution >= 4 is 27.6 Å². The predicted octanol–water partition coefficient (Wildman–Crippen LogP) is 0.101. The molecule has 0 rings (SSSR count). The predicted molar refractivity (Wildman–Crippen MR) is 55.8 cm³/mol. The van der Waals surface area contributed by atoms with Crippen LogP contribution in [0, 0.1) is 0 Å². The van der Waals surface area contributed by atoms with Gasteiger partial charge in [-0.25, -0.2) is 0 Å². The molecular weight excluding hydrogens is 226 g/mol. The third kappa shape index (κ3) is 11.1. The first-order valence-corrected chi connectivity index (χ1v) is 7.20. The zero-order chi connectivity index (χ0) is 8.53. The van der Waals surface area contributed by atoms with Gasteiger partial charge in [-0.3, -0.25) is 0 Å². The van der Waals surface area contributed by atoms with E-state index in [1.807, 2.05) is 0 Å². The molecule has 0 aliphatic rings. The number of hydrogen-bond acceptors (Lipinski definition) is 1. The van der Waals surface area contributed by atoms with Gasteiger partial charge in [0.25, 0.3) is 0 Å². The first kappa shape index (κ1) is 15.5. The molecule has 0 saturated carbocycles. The van der Waals surface area contributed by atoms with Gasteiger partial charge in [-0.05, 0) is 0 Å². The van der Waals surface area contributed by atoms with E-state index in [9.17, 15) is 0 Å². The Hall–Kier alpha value is 1.08. The summed E-state index contributed by atoms with van der Waals surface area (Å²) in [5.74, 6) is 2.18. The molecule has 0 amide bonds. The molecule has 0 atom stereocenters. The Bertz CT molecular complexity index is 115. The van der Waals surface area contributed by atoms with Gasteiger partial charge in [0.05, 0.1) is 0 Å². The van der Waals surface area contributed by atoms with Crippen molar-refractivity contribution in [3.05, 3.63) is 9.88 Å². The van der Waals surface area contributed by atoms with Crippen molar-refractivity contribution in [2.75, 3.05) is 0 Å². The van der Waals surface area contributed by atoms with Crippen molar-refractivity contribution in [1.29, 1.82) is 0 Å². The van der Waals surface area contributed by atoms with Gasteiger partial charge in [0.15, 0.2) is 0 Å². The second-order valence-electron chi connectivity index (χ2n) is 2.58. The molecule has 0 N–H and O–H groups in total. The minimum atomic E-state index is 0. The second kappa shape index (κ2) is 12.1. The molecule has 0 fully saturated rings. The van der Waals surface area contributed by atoms with Gasteiger partial charge in [0.2, 0.25) is 0 Å². The van der Waals surface area contributed by atoms with Crippen LogP contribution in [0.4, 0.5) is 0 Å². The Morgan fingerprint density at radius 1 is 1.33 bits per heavy atom. The molecule has 0 aliphatic heterocycles. The fourth-order valence-corrected chi connectivity index (χ4v) is 1.59. The van der Waals surface area contributed by atoms with E-state index in [4.69, 9.17) is 12.6 Å². The Labute approximate surface area is 101 Å². The van der Waals surface area contributed by atoms with Gasteiger partial charge in [0, 0.05) is 0 Å². The molecule has 0 unspecified atom stereocenters. The first-order chi connectivity index (χ1) is 5.31. The van der Waals surface area contributed by atoms with E-state index in [1.54, 1.807) is 0 Å². The molecule has 12 heavy (non-hydrogen) atoms. The average Bonchev–Trinajstić information content (AvgIpc) is 2.04. The summed E-state index contributed by atoms with van der Waals surface area (Å²) >= 11 is 5.66. The van der Waals surface area contributed by atoms with Crippen LogP contribution < -0.4 is 18.9 Å². The summed E-state index contributed by atoms with van der Waals surface area (Å²) in [6, 6.07) is 0. The van der Waals surface area contributed by atoms with Gasteiger partial charge in [-0.15, -0.1) is 0 Å². The van der Waals surface area contributed by atoms with Crippen molar-refractivity contribution in [3.63, 3.8) is 0 Å². The molecule has 0 radical (unpaired) electrons. The number of allylic oxidation sites excluding steroid dienone is 1. The van der Waals surface area contributed by atoms with Crippen LogP contribution >= 0.6 is 0 Å². The Morgan fingerprint density at radius 2 is 2.00 bits per heavy atom. The molecular formula is C9H17LiSSe. The summed E-state index contributed by atoms with van der Waals surface area (Å²) in [6.45, 7) is 2.24. The van der Waals surface area contributed by atoms with Crippen LogP contribution in [0.1, 0.15) is 39.0 Å². The van der Waals surface area contributed by atoms with Crippen LogP contribution in [0.15, 0.2) is 9.88 Å². The van der Waals surface area contributed by atoms with Crippen molar-refractivity contribution < 1.29 is 18.9 Å². The summed E-state index contributed by atoms with van der Waals surface area (Å²) in [5, 5.41) is 0. The average molecular weight is 243 g/mol. The normalized spacial score (nSPS) is 11.0. The third-order valence-electron chi connectivity index (χ3n) is 1.57. The third-order valence-corrected chi connectivity index (χ3v) is 3.80. The molecule has 0 aliphatic carbocycles. The van der Waals surface area contributed by atoms with E-state index in [0.29, 0.717) is 15.0 Å². The molecule has 0 nitrogen and oxygen atoms in total. The number of rotatable bonds is 6. The van der Waals surface area contributed by atoms with Crippen molar-refractivity contribution in [2.45, 2.75) is 44.9 Å². The molecule has 0 saturated heterocycles. The molecule has 3 heteroatoms. The SMILES string of the molecule is CCCCCC/C=C(\[S-])[Se]C.[Li+]. The fraction of sp³-hybridized carbons (Fsp3) is 0.778. The minimum absolute atomic E-state index is 0. The van der Waals surface area contributed by atoms with Gasteiger partial charge in [0.1, 0.15) is 0 Å². The van der Waals surface area contributed by atoms with E-state index >= 15 is 0 Å². The Balaban J connectivity index is 0. The first-order valence-electron chi connectivity index (χ1n) is 4.22. The van der Waals surface area contributed by atoms with Gasteiger partial charge in [-0.2, -0.15) is 0 Å². The summed E-state index contributed by atoms with van der Waals surface area (Å²) < 4.78 is 1.19. The Morgan fingerprint density at radius 3 is 2.50 bits per heavy atom. The van der Waals surface area contributed by atoms with E-state index in [-0.39, 0.29) is 18.9 Å². The second-order valence-corrected chi connectivity index (χ2v) is 5.38. The van der Waals surface area contributed by atoms with E-state index < -0.39 is 0 Å². The molecule has 66 valence electrons. The standard InChI is InChI=1S/C9H18SSe.Li/c1-3-4-5-6-7-8-9(10)11-2;/h8,10H,3-7H2,1-2H3;/q;+1/p-1/b9-8+;. The molecule has 0 heterocycles. The number of unbranched alkanes of at least 4 members (excludes halogenated alkanes) is 4. The van der Waals surface area contributed by atoms with E-state index in [2.05, 4.69) is 18.8 Å². The van der Waals surface area contributed by atoms with Crippen LogP contribution in [0.5, 0.6) is 0 Å². The summed E-state index contributed by atoms with van der Waals surface area (Å²) in [4.78, 5) is 0. The maximum atomic E-state index is 5.11. The monoisotopic (exact) mass is 244 g/mol. The smallest absolute Gasteiger partial charge is 1.00 e. The fourth-order valence-electron chi connectivity index (χ4n) is 0.874. The van der Waals surface area contributed by atoms with E-state index in [0.717, 1.165) is 0 Å². The zero-order valence-corrected chi connectivity index (χ0v) is 11.0. The summed E-state index contributed by atoms with van der Waals surface area (Å²) in [6.07, 6.45) is 8.82. The van der Waals surface area contributed by atoms with Gasteiger partial charge >= 0.3 is 101 Å². The summed E-state index contributed by atoms with van der Waals surface area (Å²) in [5.41, 5.74) is 0. The minimum Gasteiger partial charge on any atom is 1.00 e. The molecule has 0 bridgehead atoms. The maximum Gasteiger partial charge on any atom is 1.00 e. The van der Waals surface area contributed by atoms with Crippen molar-refractivity contribution in [3.8, 4) is 0 Å². The van der Waals surface area contributed by atoms with Crippen molar-refractivity contribution in [1.82, 2.24) is 0 Å². The van der Waals surface area contributed by atoms with Crippen LogP contribution in [0.2, 0.25) is 5.82 Å². The van der Waals surface area contributed by atoms with Gasteiger partial charge in [-0.1, -0.05) is 0 Å². The quantitative estimate of drug-likeness (QED) is 0.362. The topological polar surface area (TPSA) is 0 Å². The molecule has 0 aromatic carbocycles. The van der Waals surface area contributed by atoms with E-state index in [1.165, 1.54) is 35.9 Å². The number of hydrogen-bond donors (Lipinski definition) is 0.